The van der Waals surface area contributed by atoms with Gasteiger partial charge in [-0.15, -0.1) is 12.4 Å². The molecule has 0 aliphatic rings. The molecule has 0 fully saturated rings. The topological polar surface area (TPSA) is 64.4 Å². The Bertz CT molecular complexity index is 396. The summed E-state index contributed by atoms with van der Waals surface area (Å²) < 4.78 is 40.2. The summed E-state index contributed by atoms with van der Waals surface area (Å²) in [6, 6.07) is 5.97. The van der Waals surface area contributed by atoms with Crippen LogP contribution in [-0.2, 0) is 11.3 Å². The van der Waals surface area contributed by atoms with Crippen LogP contribution in [0.15, 0.2) is 24.3 Å². The Hall–Kier alpha value is -1.47. The molecule has 19 heavy (non-hydrogen) atoms. The van der Waals surface area contributed by atoms with Gasteiger partial charge in [0.15, 0.2) is 6.61 Å². The van der Waals surface area contributed by atoms with E-state index in [-0.39, 0.29) is 37.2 Å². The maximum atomic E-state index is 11.9. The zero-order valence-electron chi connectivity index (χ0n) is 9.87. The molecule has 1 aromatic carbocycles. The van der Waals surface area contributed by atoms with Crippen LogP contribution in [0.5, 0.6) is 5.75 Å². The van der Waals surface area contributed by atoms with Gasteiger partial charge in [-0.2, -0.15) is 13.2 Å². The van der Waals surface area contributed by atoms with Crippen molar-refractivity contribution in [3.8, 4) is 5.75 Å². The second-order valence-corrected chi connectivity index (χ2v) is 3.53. The number of rotatable bonds is 5. The smallest absolute Gasteiger partial charge is 0.422 e. The summed E-state index contributed by atoms with van der Waals surface area (Å²) >= 11 is 0. The largest absolute Gasteiger partial charge is 0.484 e. The van der Waals surface area contributed by atoms with Crippen molar-refractivity contribution in [2.45, 2.75) is 12.7 Å². The highest BCUT2D eigenvalue weighted by molar-refractivity contribution is 5.85. The molecule has 0 spiro atoms. The Balaban J connectivity index is 0.00000324. The average molecular weight is 299 g/mol. The summed E-state index contributed by atoms with van der Waals surface area (Å²) in [5.74, 6) is -0.173. The first-order chi connectivity index (χ1) is 8.40. The molecule has 0 heterocycles. The lowest BCUT2D eigenvalue weighted by Gasteiger charge is -2.09. The number of hydrogen-bond acceptors (Lipinski definition) is 3. The van der Waals surface area contributed by atoms with Crippen molar-refractivity contribution < 1.29 is 22.7 Å². The Kier molecular flexibility index (Phi) is 7.25. The minimum Gasteiger partial charge on any atom is -0.484 e. The van der Waals surface area contributed by atoms with Gasteiger partial charge in [0.05, 0.1) is 6.54 Å². The third kappa shape index (κ3) is 7.53. The summed E-state index contributed by atoms with van der Waals surface area (Å²) in [5.41, 5.74) is 5.85. The standard InChI is InChI=1S/C11H13F3N2O2.ClH/c12-11(13,14)7-18-9-3-1-8(2-4-9)6-16-10(17)5-15;/h1-4H,5-7,15H2,(H,16,17);1H. The molecule has 8 heteroatoms. The van der Waals surface area contributed by atoms with Gasteiger partial charge in [-0.3, -0.25) is 4.79 Å². The Morgan fingerprint density at radius 1 is 1.26 bits per heavy atom. The molecule has 0 unspecified atom stereocenters. The van der Waals surface area contributed by atoms with Crippen LogP contribution >= 0.6 is 12.4 Å². The van der Waals surface area contributed by atoms with E-state index in [2.05, 4.69) is 10.1 Å². The molecule has 0 saturated heterocycles. The van der Waals surface area contributed by atoms with E-state index < -0.39 is 12.8 Å². The van der Waals surface area contributed by atoms with E-state index in [4.69, 9.17) is 5.73 Å². The van der Waals surface area contributed by atoms with Crippen LogP contribution in [0.25, 0.3) is 0 Å². The van der Waals surface area contributed by atoms with E-state index in [1.807, 2.05) is 0 Å². The molecule has 0 aliphatic heterocycles. The van der Waals surface area contributed by atoms with Crippen LogP contribution in [-0.4, -0.2) is 25.2 Å². The molecule has 0 aromatic heterocycles. The predicted octanol–water partition coefficient (Wildman–Crippen LogP) is 1.62. The van der Waals surface area contributed by atoms with Gasteiger partial charge in [-0.1, -0.05) is 12.1 Å². The van der Waals surface area contributed by atoms with E-state index in [0.717, 1.165) is 5.56 Å². The van der Waals surface area contributed by atoms with Gasteiger partial charge >= 0.3 is 6.18 Å². The maximum Gasteiger partial charge on any atom is 0.422 e. The number of nitrogens with two attached hydrogens (primary N) is 1. The Morgan fingerprint density at radius 2 is 1.84 bits per heavy atom. The summed E-state index contributed by atoms with van der Waals surface area (Å²) in [6.45, 7) is -1.15. The van der Waals surface area contributed by atoms with Crippen LogP contribution in [0, 0.1) is 0 Å². The number of halogens is 4. The lowest BCUT2D eigenvalue weighted by atomic mass is 10.2. The number of hydrogen-bond donors (Lipinski definition) is 2. The fourth-order valence-corrected chi connectivity index (χ4v) is 1.14. The van der Waals surface area contributed by atoms with Gasteiger partial charge < -0.3 is 15.8 Å². The number of amides is 1. The molecule has 4 nitrogen and oxygen atoms in total. The van der Waals surface area contributed by atoms with Crippen LogP contribution in [0.3, 0.4) is 0 Å². The normalized spacial score (nSPS) is 10.5. The minimum absolute atomic E-state index is 0. The second kappa shape index (κ2) is 7.85. The molecule has 0 bridgehead atoms. The van der Waals surface area contributed by atoms with Crippen molar-refractivity contribution in [1.29, 1.82) is 0 Å². The number of carbonyl (C=O) groups is 1. The number of carbonyl (C=O) groups excluding carboxylic acids is 1. The van der Waals surface area contributed by atoms with Crippen molar-refractivity contribution >= 4 is 18.3 Å². The van der Waals surface area contributed by atoms with Gasteiger partial charge in [-0.05, 0) is 17.7 Å². The van der Waals surface area contributed by atoms with E-state index in [9.17, 15) is 18.0 Å². The maximum absolute atomic E-state index is 11.9. The fourth-order valence-electron chi connectivity index (χ4n) is 1.14. The molecule has 1 aromatic rings. The Morgan fingerprint density at radius 3 is 2.32 bits per heavy atom. The van der Waals surface area contributed by atoms with Gasteiger partial charge in [0.1, 0.15) is 5.75 Å². The van der Waals surface area contributed by atoms with E-state index >= 15 is 0 Å². The Labute approximate surface area is 114 Å². The molecule has 1 rings (SSSR count). The molecule has 0 radical (unpaired) electrons. The molecule has 3 N–H and O–H groups in total. The summed E-state index contributed by atoms with van der Waals surface area (Å²) in [6.07, 6.45) is -4.35. The first-order valence-electron chi connectivity index (χ1n) is 5.16. The molecular formula is C11H14ClF3N2O2. The summed E-state index contributed by atoms with van der Waals surface area (Å²) in [7, 11) is 0. The van der Waals surface area contributed by atoms with E-state index in [0.29, 0.717) is 0 Å². The fraction of sp³-hybridized carbons (Fsp3) is 0.364. The van der Waals surface area contributed by atoms with Crippen LogP contribution < -0.4 is 15.8 Å². The SMILES string of the molecule is Cl.NCC(=O)NCc1ccc(OCC(F)(F)F)cc1. The summed E-state index contributed by atoms with van der Waals surface area (Å²) in [5, 5.41) is 2.54. The van der Waals surface area contributed by atoms with Gasteiger partial charge in [0.25, 0.3) is 0 Å². The monoisotopic (exact) mass is 298 g/mol. The van der Waals surface area contributed by atoms with Crippen molar-refractivity contribution in [3.05, 3.63) is 29.8 Å². The molecule has 0 atom stereocenters. The van der Waals surface area contributed by atoms with Crippen LogP contribution in [0.2, 0.25) is 0 Å². The third-order valence-corrected chi connectivity index (χ3v) is 2.00. The van der Waals surface area contributed by atoms with Crippen molar-refractivity contribution in [1.82, 2.24) is 5.32 Å². The van der Waals surface area contributed by atoms with Crippen LogP contribution in [0.1, 0.15) is 5.56 Å². The first kappa shape index (κ1) is 17.5. The number of alkyl halides is 3. The van der Waals surface area contributed by atoms with Gasteiger partial charge in [0, 0.05) is 6.54 Å². The molecule has 1 amide bonds. The van der Waals surface area contributed by atoms with Gasteiger partial charge in [-0.25, -0.2) is 0 Å². The van der Waals surface area contributed by atoms with Crippen molar-refractivity contribution in [2.75, 3.05) is 13.2 Å². The van der Waals surface area contributed by atoms with Crippen molar-refractivity contribution in [2.24, 2.45) is 5.73 Å². The third-order valence-electron chi connectivity index (χ3n) is 2.00. The van der Waals surface area contributed by atoms with E-state index in [1.165, 1.54) is 12.1 Å². The lowest BCUT2D eigenvalue weighted by Crippen LogP contribution is -2.29. The lowest BCUT2D eigenvalue weighted by molar-refractivity contribution is -0.153. The number of benzene rings is 1. The molecule has 0 saturated carbocycles. The number of nitrogens with one attached hydrogen (secondary N) is 1. The van der Waals surface area contributed by atoms with E-state index in [1.54, 1.807) is 12.1 Å². The summed E-state index contributed by atoms with van der Waals surface area (Å²) in [4.78, 5) is 10.9. The van der Waals surface area contributed by atoms with Gasteiger partial charge in [0.2, 0.25) is 5.91 Å². The predicted molar refractivity (Wildman–Crippen MR) is 66.1 cm³/mol. The zero-order chi connectivity index (χ0) is 13.6. The minimum atomic E-state index is -4.35. The van der Waals surface area contributed by atoms with Crippen molar-refractivity contribution in [3.63, 3.8) is 0 Å². The first-order valence-corrected chi connectivity index (χ1v) is 5.16. The highest BCUT2D eigenvalue weighted by Crippen LogP contribution is 2.18. The second-order valence-electron chi connectivity index (χ2n) is 3.53. The zero-order valence-corrected chi connectivity index (χ0v) is 10.7. The molecular weight excluding hydrogens is 285 g/mol. The average Bonchev–Trinajstić information content (AvgIpc) is 2.33. The highest BCUT2D eigenvalue weighted by atomic mass is 35.5. The highest BCUT2D eigenvalue weighted by Gasteiger charge is 2.28. The molecule has 108 valence electrons. The quantitative estimate of drug-likeness (QED) is 0.868. The van der Waals surface area contributed by atoms with Crippen LogP contribution in [0.4, 0.5) is 13.2 Å². The number of ether oxygens (including phenoxy) is 1. The molecule has 0 aliphatic carbocycles.